The molecule has 1 saturated carbocycles. The number of nitrogens with zero attached hydrogens (tertiary/aromatic N) is 3. The third kappa shape index (κ3) is 3.15. The topological polar surface area (TPSA) is 75.4 Å². The minimum absolute atomic E-state index is 0.0611. The van der Waals surface area contributed by atoms with E-state index in [-0.39, 0.29) is 18.2 Å². The molecule has 120 valence electrons. The highest BCUT2D eigenvalue weighted by Crippen LogP contribution is 2.41. The Labute approximate surface area is 130 Å². The molecule has 0 aromatic carbocycles. The summed E-state index contributed by atoms with van der Waals surface area (Å²) in [5.74, 6) is -0.00989. The summed E-state index contributed by atoms with van der Waals surface area (Å²) in [6.45, 7) is 1.36. The predicted molar refractivity (Wildman–Crippen MR) is 80.7 cm³/mol. The molecule has 3 rings (SSSR count). The van der Waals surface area contributed by atoms with E-state index in [1.807, 2.05) is 16.6 Å². The molecule has 22 heavy (non-hydrogen) atoms. The van der Waals surface area contributed by atoms with Gasteiger partial charge in [-0.3, -0.25) is 14.3 Å². The zero-order chi connectivity index (χ0) is 15.7. The van der Waals surface area contributed by atoms with E-state index in [1.54, 1.807) is 6.20 Å². The van der Waals surface area contributed by atoms with Crippen molar-refractivity contribution >= 4 is 11.9 Å². The summed E-state index contributed by atoms with van der Waals surface area (Å²) in [5.41, 5.74) is 1.80. The summed E-state index contributed by atoms with van der Waals surface area (Å²) in [6.07, 6.45) is 6.72. The fourth-order valence-corrected chi connectivity index (χ4v) is 3.44. The summed E-state index contributed by atoms with van der Waals surface area (Å²) in [6, 6.07) is 0. The molecule has 1 aromatic heterocycles. The zero-order valence-corrected chi connectivity index (χ0v) is 13.0. The minimum Gasteiger partial charge on any atom is -0.481 e. The Hall–Kier alpha value is -1.85. The lowest BCUT2D eigenvalue weighted by atomic mass is 9.97. The highest BCUT2D eigenvalue weighted by atomic mass is 16.4. The van der Waals surface area contributed by atoms with Gasteiger partial charge in [-0.2, -0.15) is 5.10 Å². The molecule has 1 atom stereocenters. The normalized spacial score (nSPS) is 22.4. The fraction of sp³-hybridized carbons (Fsp3) is 0.688. The number of carboxylic acid groups (broad SMARTS) is 1. The van der Waals surface area contributed by atoms with Gasteiger partial charge in [0.15, 0.2) is 0 Å². The van der Waals surface area contributed by atoms with Crippen molar-refractivity contribution in [3.05, 3.63) is 17.5 Å². The molecule has 0 radical (unpaired) electrons. The quantitative estimate of drug-likeness (QED) is 0.923. The van der Waals surface area contributed by atoms with Gasteiger partial charge in [0, 0.05) is 32.5 Å². The number of carboxylic acids is 1. The minimum atomic E-state index is -0.743. The molecule has 1 saturated heterocycles. The molecule has 1 N–H and O–H groups in total. The Balaban J connectivity index is 1.69. The molecule has 0 spiro atoms. The molecule has 2 aliphatic rings. The number of aromatic nitrogens is 2. The van der Waals surface area contributed by atoms with E-state index in [4.69, 9.17) is 5.11 Å². The molecule has 0 bridgehead atoms. The second kappa shape index (κ2) is 6.10. The maximum absolute atomic E-state index is 12.8. The Kier molecular flexibility index (Phi) is 4.18. The maximum atomic E-state index is 12.8. The third-order valence-electron chi connectivity index (χ3n) is 4.78. The van der Waals surface area contributed by atoms with Crippen molar-refractivity contribution in [1.29, 1.82) is 0 Å². The van der Waals surface area contributed by atoms with Gasteiger partial charge in [-0.15, -0.1) is 0 Å². The molecular weight excluding hydrogens is 282 g/mol. The van der Waals surface area contributed by atoms with E-state index < -0.39 is 5.97 Å². The lowest BCUT2D eigenvalue weighted by Gasteiger charge is -2.20. The number of carbonyl (C=O) groups is 2. The number of aryl methyl sites for hydroxylation is 1. The number of hydrogen-bond donors (Lipinski definition) is 1. The van der Waals surface area contributed by atoms with Gasteiger partial charge in [0.05, 0.1) is 17.5 Å². The second-order valence-corrected chi connectivity index (χ2v) is 6.53. The number of aliphatic carboxylic acids is 1. The van der Waals surface area contributed by atoms with Crippen LogP contribution in [0.15, 0.2) is 6.20 Å². The van der Waals surface area contributed by atoms with Crippen LogP contribution in [0.1, 0.15) is 60.5 Å². The molecular formula is C16H23N3O3. The Morgan fingerprint density at radius 2 is 2.05 bits per heavy atom. The highest BCUT2D eigenvalue weighted by molar-refractivity contribution is 5.95. The molecule has 2 heterocycles. The van der Waals surface area contributed by atoms with E-state index in [1.165, 1.54) is 0 Å². The van der Waals surface area contributed by atoms with Crippen LogP contribution < -0.4 is 0 Å². The second-order valence-electron chi connectivity index (χ2n) is 6.53. The first-order chi connectivity index (χ1) is 10.6. The Morgan fingerprint density at radius 1 is 1.27 bits per heavy atom. The Bertz CT molecular complexity index is 577. The van der Waals surface area contributed by atoms with Gasteiger partial charge in [-0.1, -0.05) is 0 Å². The van der Waals surface area contributed by atoms with Crippen molar-refractivity contribution in [3.63, 3.8) is 0 Å². The van der Waals surface area contributed by atoms with Crippen molar-refractivity contribution < 1.29 is 14.7 Å². The van der Waals surface area contributed by atoms with Gasteiger partial charge in [0.25, 0.3) is 5.91 Å². The predicted octanol–water partition coefficient (Wildman–Crippen LogP) is 2.01. The van der Waals surface area contributed by atoms with Crippen molar-refractivity contribution in [2.45, 2.75) is 44.4 Å². The van der Waals surface area contributed by atoms with Crippen LogP contribution >= 0.6 is 0 Å². The molecule has 6 nitrogen and oxygen atoms in total. The van der Waals surface area contributed by atoms with Gasteiger partial charge in [0.2, 0.25) is 0 Å². The van der Waals surface area contributed by atoms with Crippen molar-refractivity contribution in [3.8, 4) is 0 Å². The average Bonchev–Trinajstić information content (AvgIpc) is 3.25. The number of likely N-dealkylation sites (tertiary alicyclic amines) is 1. The van der Waals surface area contributed by atoms with Crippen LogP contribution in [-0.2, 0) is 11.8 Å². The Morgan fingerprint density at radius 3 is 2.73 bits per heavy atom. The van der Waals surface area contributed by atoms with Crippen LogP contribution in [0.5, 0.6) is 0 Å². The molecule has 1 aromatic rings. The van der Waals surface area contributed by atoms with Crippen LogP contribution in [0, 0.1) is 5.92 Å². The van der Waals surface area contributed by atoms with Gasteiger partial charge >= 0.3 is 5.97 Å². The van der Waals surface area contributed by atoms with Crippen molar-refractivity contribution in [1.82, 2.24) is 14.7 Å². The van der Waals surface area contributed by atoms with Crippen LogP contribution in [0.4, 0.5) is 0 Å². The molecule has 1 aliphatic heterocycles. The van der Waals surface area contributed by atoms with Crippen LogP contribution in [0.3, 0.4) is 0 Å². The maximum Gasteiger partial charge on any atom is 0.303 e. The summed E-state index contributed by atoms with van der Waals surface area (Å²) in [7, 11) is 1.90. The summed E-state index contributed by atoms with van der Waals surface area (Å²) in [4.78, 5) is 25.5. The molecule has 6 heteroatoms. The zero-order valence-electron chi connectivity index (χ0n) is 13.0. The fourth-order valence-electron chi connectivity index (χ4n) is 3.44. The van der Waals surface area contributed by atoms with E-state index >= 15 is 0 Å². The number of hydrogen-bond acceptors (Lipinski definition) is 3. The van der Waals surface area contributed by atoms with Crippen LogP contribution in [0.25, 0.3) is 0 Å². The van der Waals surface area contributed by atoms with Crippen molar-refractivity contribution in [2.24, 2.45) is 13.0 Å². The monoisotopic (exact) mass is 305 g/mol. The standard InChI is InChI=1S/C16H23N3O3/c1-18-15(12-4-5-12)13(10-17-18)16(22)19-7-2-3-11(6-8-19)9-14(20)21/h10-12H,2-9H2,1H3,(H,20,21)/t11-/m0/s1. The third-order valence-corrected chi connectivity index (χ3v) is 4.78. The highest BCUT2D eigenvalue weighted by Gasteiger charge is 2.33. The van der Waals surface area contributed by atoms with Crippen LogP contribution in [0.2, 0.25) is 0 Å². The summed E-state index contributed by atoms with van der Waals surface area (Å²) < 4.78 is 1.83. The lowest BCUT2D eigenvalue weighted by Crippen LogP contribution is -2.32. The van der Waals surface area contributed by atoms with Gasteiger partial charge in [-0.25, -0.2) is 0 Å². The van der Waals surface area contributed by atoms with E-state index in [2.05, 4.69) is 5.10 Å². The largest absolute Gasteiger partial charge is 0.481 e. The molecule has 1 aliphatic carbocycles. The summed E-state index contributed by atoms with van der Waals surface area (Å²) in [5, 5.41) is 13.2. The number of rotatable bonds is 4. The molecule has 1 amide bonds. The molecule has 0 unspecified atom stereocenters. The summed E-state index contributed by atoms with van der Waals surface area (Å²) >= 11 is 0. The number of carbonyl (C=O) groups excluding carboxylic acids is 1. The lowest BCUT2D eigenvalue weighted by molar-refractivity contribution is -0.138. The SMILES string of the molecule is Cn1ncc(C(=O)N2CCC[C@H](CC(=O)O)CC2)c1C1CC1. The van der Waals surface area contributed by atoms with Gasteiger partial charge < -0.3 is 10.0 Å². The van der Waals surface area contributed by atoms with E-state index in [9.17, 15) is 9.59 Å². The smallest absolute Gasteiger partial charge is 0.303 e. The van der Waals surface area contributed by atoms with Crippen molar-refractivity contribution in [2.75, 3.05) is 13.1 Å². The molecule has 2 fully saturated rings. The van der Waals surface area contributed by atoms with E-state index in [0.717, 1.165) is 43.4 Å². The van der Waals surface area contributed by atoms with Gasteiger partial charge in [-0.05, 0) is 38.0 Å². The first kappa shape index (κ1) is 15.1. The first-order valence-corrected chi connectivity index (χ1v) is 8.09. The van der Waals surface area contributed by atoms with Gasteiger partial charge in [0.1, 0.15) is 0 Å². The van der Waals surface area contributed by atoms with Crippen LogP contribution in [-0.4, -0.2) is 44.8 Å². The average molecular weight is 305 g/mol. The van der Waals surface area contributed by atoms with E-state index in [0.29, 0.717) is 19.0 Å². The first-order valence-electron chi connectivity index (χ1n) is 8.09. The number of amides is 1.